The Labute approximate surface area is 86.2 Å². The van der Waals surface area contributed by atoms with E-state index < -0.39 is 0 Å². The van der Waals surface area contributed by atoms with Crippen LogP contribution in [0.4, 0.5) is 0 Å². The molecule has 0 aliphatic heterocycles. The third-order valence-corrected chi connectivity index (χ3v) is 2.96. The van der Waals surface area contributed by atoms with Crippen molar-refractivity contribution in [1.82, 2.24) is 5.32 Å². The van der Waals surface area contributed by atoms with E-state index in [0.29, 0.717) is 6.61 Å². The molecular weight excluding hydrogens is 178 g/mol. The Kier molecular flexibility index (Phi) is 3.93. The van der Waals surface area contributed by atoms with E-state index in [1.54, 1.807) is 0 Å². The zero-order chi connectivity index (χ0) is 10.6. The molecule has 1 unspecified atom stereocenters. The lowest BCUT2D eigenvalue weighted by Gasteiger charge is -2.41. The summed E-state index contributed by atoms with van der Waals surface area (Å²) in [5.74, 6) is -0.108. The first-order valence-corrected chi connectivity index (χ1v) is 5.55. The highest BCUT2D eigenvalue weighted by Crippen LogP contribution is 2.31. The number of esters is 1. The maximum atomic E-state index is 11.5. The Balaban J connectivity index is 2.41. The van der Waals surface area contributed by atoms with Crippen LogP contribution in [0.2, 0.25) is 0 Å². The summed E-state index contributed by atoms with van der Waals surface area (Å²) in [7, 11) is 0. The molecule has 0 radical (unpaired) electrons. The third-order valence-electron chi connectivity index (χ3n) is 2.96. The molecule has 1 atom stereocenters. The molecular formula is C11H21NO2. The zero-order valence-electron chi connectivity index (χ0n) is 9.43. The van der Waals surface area contributed by atoms with Crippen LogP contribution in [0.3, 0.4) is 0 Å². The van der Waals surface area contributed by atoms with E-state index in [9.17, 15) is 4.79 Å². The van der Waals surface area contributed by atoms with Gasteiger partial charge in [0.25, 0.3) is 0 Å². The van der Waals surface area contributed by atoms with Crippen molar-refractivity contribution in [2.75, 3.05) is 6.61 Å². The van der Waals surface area contributed by atoms with Crippen molar-refractivity contribution in [3.63, 3.8) is 0 Å². The van der Waals surface area contributed by atoms with Gasteiger partial charge in [-0.25, -0.2) is 0 Å². The number of rotatable bonds is 5. The highest BCUT2D eigenvalue weighted by atomic mass is 16.5. The van der Waals surface area contributed by atoms with Crippen LogP contribution < -0.4 is 5.32 Å². The molecule has 1 rings (SSSR count). The van der Waals surface area contributed by atoms with Gasteiger partial charge in [0.15, 0.2) is 0 Å². The highest BCUT2D eigenvalue weighted by Gasteiger charge is 2.35. The maximum Gasteiger partial charge on any atom is 0.323 e. The highest BCUT2D eigenvalue weighted by molar-refractivity contribution is 5.75. The summed E-state index contributed by atoms with van der Waals surface area (Å²) < 4.78 is 5.01. The number of hydrogen-bond acceptors (Lipinski definition) is 3. The van der Waals surface area contributed by atoms with E-state index in [1.807, 2.05) is 13.8 Å². The van der Waals surface area contributed by atoms with Crippen LogP contribution in [-0.2, 0) is 9.53 Å². The average Bonchev–Trinajstić information content (AvgIpc) is 2.11. The average molecular weight is 199 g/mol. The molecule has 1 aliphatic rings. The van der Waals surface area contributed by atoms with Crippen molar-refractivity contribution in [2.24, 2.45) is 0 Å². The molecule has 0 saturated heterocycles. The summed E-state index contributed by atoms with van der Waals surface area (Å²) in [5, 5.41) is 3.39. The van der Waals surface area contributed by atoms with Crippen molar-refractivity contribution in [2.45, 2.75) is 58.0 Å². The molecule has 0 bridgehead atoms. The summed E-state index contributed by atoms with van der Waals surface area (Å²) in [4.78, 5) is 11.5. The van der Waals surface area contributed by atoms with Crippen LogP contribution in [-0.4, -0.2) is 24.2 Å². The van der Waals surface area contributed by atoms with Gasteiger partial charge >= 0.3 is 5.97 Å². The molecule has 1 fully saturated rings. The summed E-state index contributed by atoms with van der Waals surface area (Å²) in [6, 6.07) is -0.125. The lowest BCUT2D eigenvalue weighted by molar-refractivity contribution is -0.146. The Morgan fingerprint density at radius 1 is 1.50 bits per heavy atom. The van der Waals surface area contributed by atoms with Gasteiger partial charge in [-0.2, -0.15) is 0 Å². The normalized spacial score (nSPS) is 21.1. The molecule has 0 aromatic heterocycles. The summed E-state index contributed by atoms with van der Waals surface area (Å²) in [5.41, 5.74) is 0.174. The topological polar surface area (TPSA) is 38.3 Å². The Bertz CT molecular complexity index is 199. The molecule has 1 aliphatic carbocycles. The first kappa shape index (κ1) is 11.5. The molecule has 0 amide bonds. The van der Waals surface area contributed by atoms with Crippen LogP contribution in [0.25, 0.3) is 0 Å². The fourth-order valence-corrected chi connectivity index (χ4v) is 1.84. The molecule has 0 heterocycles. The second kappa shape index (κ2) is 4.78. The molecule has 14 heavy (non-hydrogen) atoms. The summed E-state index contributed by atoms with van der Waals surface area (Å²) in [6.45, 7) is 6.50. The number of carbonyl (C=O) groups is 1. The molecule has 1 N–H and O–H groups in total. The van der Waals surface area contributed by atoms with E-state index in [0.717, 1.165) is 6.42 Å². The maximum absolute atomic E-state index is 11.5. The number of hydrogen-bond donors (Lipinski definition) is 1. The summed E-state index contributed by atoms with van der Waals surface area (Å²) in [6.07, 6.45) is 4.41. The Morgan fingerprint density at radius 3 is 2.50 bits per heavy atom. The van der Waals surface area contributed by atoms with Crippen LogP contribution in [0.15, 0.2) is 0 Å². The molecule has 3 heteroatoms. The fourth-order valence-electron chi connectivity index (χ4n) is 1.84. The van der Waals surface area contributed by atoms with Gasteiger partial charge in [0.1, 0.15) is 6.04 Å². The standard InChI is InChI=1S/C11H21NO2/c1-4-9(10(13)14-5-2)12-11(3)7-6-8-11/h9,12H,4-8H2,1-3H3. The van der Waals surface area contributed by atoms with Crippen molar-refractivity contribution >= 4 is 5.97 Å². The molecule has 0 spiro atoms. The van der Waals surface area contributed by atoms with Crippen molar-refractivity contribution < 1.29 is 9.53 Å². The second-order valence-corrected chi connectivity index (χ2v) is 4.27. The van der Waals surface area contributed by atoms with E-state index in [4.69, 9.17) is 4.74 Å². The minimum atomic E-state index is -0.125. The van der Waals surface area contributed by atoms with Gasteiger partial charge in [0, 0.05) is 5.54 Å². The Hall–Kier alpha value is -0.570. The molecule has 3 nitrogen and oxygen atoms in total. The van der Waals surface area contributed by atoms with Crippen molar-refractivity contribution in [3.05, 3.63) is 0 Å². The lowest BCUT2D eigenvalue weighted by Crippen LogP contribution is -2.55. The van der Waals surface area contributed by atoms with Gasteiger partial charge in [0.2, 0.25) is 0 Å². The summed E-state index contributed by atoms with van der Waals surface area (Å²) >= 11 is 0. The van der Waals surface area contributed by atoms with Crippen LogP contribution in [0.5, 0.6) is 0 Å². The molecule has 0 aromatic rings. The van der Waals surface area contributed by atoms with Gasteiger partial charge in [-0.05, 0) is 39.5 Å². The third kappa shape index (κ3) is 2.71. The number of ether oxygens (including phenoxy) is 1. The van der Waals surface area contributed by atoms with Gasteiger partial charge in [-0.15, -0.1) is 0 Å². The first-order chi connectivity index (χ1) is 6.61. The predicted octanol–water partition coefficient (Wildman–Crippen LogP) is 1.86. The van der Waals surface area contributed by atoms with Gasteiger partial charge in [-0.3, -0.25) is 10.1 Å². The largest absolute Gasteiger partial charge is 0.465 e. The lowest BCUT2D eigenvalue weighted by atomic mass is 9.78. The minimum absolute atomic E-state index is 0.108. The first-order valence-electron chi connectivity index (χ1n) is 5.55. The van der Waals surface area contributed by atoms with Crippen molar-refractivity contribution in [3.8, 4) is 0 Å². The monoisotopic (exact) mass is 199 g/mol. The molecule has 82 valence electrons. The SMILES string of the molecule is CCOC(=O)C(CC)NC1(C)CCC1. The van der Waals surface area contributed by atoms with Gasteiger partial charge in [-0.1, -0.05) is 6.92 Å². The van der Waals surface area contributed by atoms with Gasteiger partial charge < -0.3 is 4.74 Å². The number of carbonyl (C=O) groups excluding carboxylic acids is 1. The quantitative estimate of drug-likeness (QED) is 0.687. The smallest absolute Gasteiger partial charge is 0.323 e. The molecule has 1 saturated carbocycles. The number of nitrogens with one attached hydrogen (secondary N) is 1. The molecule has 0 aromatic carbocycles. The predicted molar refractivity (Wildman–Crippen MR) is 56.1 cm³/mol. The van der Waals surface area contributed by atoms with Crippen molar-refractivity contribution in [1.29, 1.82) is 0 Å². The van der Waals surface area contributed by atoms with E-state index in [2.05, 4.69) is 12.2 Å². The minimum Gasteiger partial charge on any atom is -0.465 e. The zero-order valence-corrected chi connectivity index (χ0v) is 9.43. The fraction of sp³-hybridized carbons (Fsp3) is 0.909. The van der Waals surface area contributed by atoms with Gasteiger partial charge in [0.05, 0.1) is 6.61 Å². The van der Waals surface area contributed by atoms with Crippen LogP contribution in [0.1, 0.15) is 46.5 Å². The second-order valence-electron chi connectivity index (χ2n) is 4.27. The van der Waals surface area contributed by atoms with Crippen LogP contribution in [0, 0.1) is 0 Å². The van der Waals surface area contributed by atoms with E-state index in [1.165, 1.54) is 19.3 Å². The van der Waals surface area contributed by atoms with E-state index in [-0.39, 0.29) is 17.6 Å². The van der Waals surface area contributed by atoms with Crippen LogP contribution >= 0.6 is 0 Å². The van der Waals surface area contributed by atoms with E-state index >= 15 is 0 Å². The Morgan fingerprint density at radius 2 is 2.14 bits per heavy atom.